The van der Waals surface area contributed by atoms with Crippen LogP contribution in [-0.2, 0) is 9.53 Å². The number of rotatable bonds is 8. The van der Waals surface area contributed by atoms with E-state index in [-0.39, 0.29) is 17.8 Å². The molecule has 0 spiro atoms. The topological polar surface area (TPSA) is 58.6 Å². The molecular formula is C10H21NO3S. The average molecular weight is 235 g/mol. The van der Waals surface area contributed by atoms with Crippen molar-refractivity contribution in [2.75, 3.05) is 26.9 Å². The lowest BCUT2D eigenvalue weighted by molar-refractivity contribution is -0.120. The van der Waals surface area contributed by atoms with Crippen LogP contribution in [0.5, 0.6) is 0 Å². The lowest BCUT2D eigenvalue weighted by Crippen LogP contribution is -2.34. The first-order valence-electron chi connectivity index (χ1n) is 5.14. The van der Waals surface area contributed by atoms with Crippen LogP contribution in [0.4, 0.5) is 0 Å². The van der Waals surface area contributed by atoms with Gasteiger partial charge in [-0.15, -0.1) is 11.8 Å². The van der Waals surface area contributed by atoms with Gasteiger partial charge in [0.15, 0.2) is 0 Å². The minimum absolute atomic E-state index is 0.0295. The third-order valence-corrected chi connectivity index (χ3v) is 3.27. The number of hydrogen-bond acceptors (Lipinski definition) is 4. The molecule has 5 heteroatoms. The second-order valence-electron chi connectivity index (χ2n) is 3.39. The van der Waals surface area contributed by atoms with Crippen LogP contribution in [0, 0.1) is 0 Å². The van der Waals surface area contributed by atoms with E-state index in [1.807, 2.05) is 13.8 Å². The van der Waals surface area contributed by atoms with Crippen molar-refractivity contribution in [2.24, 2.45) is 0 Å². The highest BCUT2D eigenvalue weighted by Crippen LogP contribution is 2.19. The van der Waals surface area contributed by atoms with Crippen LogP contribution in [0.15, 0.2) is 0 Å². The minimum atomic E-state index is -0.0802. The second kappa shape index (κ2) is 9.00. The number of hydrogen-bond donors (Lipinski definition) is 2. The first kappa shape index (κ1) is 14.7. The molecule has 0 aliphatic heterocycles. The summed E-state index contributed by atoms with van der Waals surface area (Å²) < 4.78 is 4.84. The molecular weight excluding hydrogens is 214 g/mol. The van der Waals surface area contributed by atoms with E-state index >= 15 is 0 Å². The lowest BCUT2D eigenvalue weighted by Gasteiger charge is -2.15. The van der Waals surface area contributed by atoms with Gasteiger partial charge in [-0.25, -0.2) is 0 Å². The fourth-order valence-electron chi connectivity index (χ4n) is 1.08. The Kier molecular flexibility index (Phi) is 8.85. The third-order valence-electron chi connectivity index (χ3n) is 1.95. The van der Waals surface area contributed by atoms with Crippen molar-refractivity contribution in [1.82, 2.24) is 5.32 Å². The minimum Gasteiger partial charge on any atom is -0.396 e. The number of amides is 1. The number of thioether (sulfide) groups is 1. The summed E-state index contributed by atoms with van der Waals surface area (Å²) in [5.74, 6) is 0.0295. The Hall–Kier alpha value is -0.260. The Morgan fingerprint density at radius 3 is 2.73 bits per heavy atom. The van der Waals surface area contributed by atoms with E-state index < -0.39 is 0 Å². The summed E-state index contributed by atoms with van der Waals surface area (Å²) in [4.78, 5) is 11.5. The Balaban J connectivity index is 3.68. The Morgan fingerprint density at radius 1 is 1.53 bits per heavy atom. The zero-order valence-corrected chi connectivity index (χ0v) is 10.5. The molecule has 0 aromatic carbocycles. The molecule has 4 nitrogen and oxygen atoms in total. The van der Waals surface area contributed by atoms with Gasteiger partial charge < -0.3 is 15.2 Å². The molecule has 0 rings (SSSR count). The van der Waals surface area contributed by atoms with Crippen molar-refractivity contribution in [3.63, 3.8) is 0 Å². The van der Waals surface area contributed by atoms with Crippen molar-refractivity contribution in [1.29, 1.82) is 0 Å². The van der Waals surface area contributed by atoms with Crippen LogP contribution in [0.25, 0.3) is 0 Å². The maximum absolute atomic E-state index is 11.5. The number of aliphatic hydroxyl groups excluding tert-OH is 1. The summed E-state index contributed by atoms with van der Waals surface area (Å²) in [6, 6.07) is 0. The summed E-state index contributed by atoms with van der Waals surface area (Å²) in [5, 5.41) is 11.7. The van der Waals surface area contributed by atoms with E-state index in [0.717, 1.165) is 6.42 Å². The molecule has 2 N–H and O–H groups in total. The summed E-state index contributed by atoms with van der Waals surface area (Å²) in [5.41, 5.74) is 0. The zero-order valence-electron chi connectivity index (χ0n) is 9.66. The van der Waals surface area contributed by atoms with E-state index in [2.05, 4.69) is 5.32 Å². The molecule has 0 fully saturated rings. The van der Waals surface area contributed by atoms with Gasteiger partial charge in [0.05, 0.1) is 11.9 Å². The molecule has 0 bridgehead atoms. The van der Waals surface area contributed by atoms with Gasteiger partial charge in [0.25, 0.3) is 0 Å². The van der Waals surface area contributed by atoms with Gasteiger partial charge in [-0.05, 0) is 13.3 Å². The smallest absolute Gasteiger partial charge is 0.232 e. The van der Waals surface area contributed by atoms with Crippen LogP contribution in [-0.4, -0.2) is 48.4 Å². The van der Waals surface area contributed by atoms with Crippen molar-refractivity contribution in [2.45, 2.75) is 30.8 Å². The fourth-order valence-corrected chi connectivity index (χ4v) is 2.23. The van der Waals surface area contributed by atoms with Crippen LogP contribution < -0.4 is 5.32 Å². The molecule has 0 saturated carbocycles. The monoisotopic (exact) mass is 235 g/mol. The molecule has 0 radical (unpaired) electrons. The van der Waals surface area contributed by atoms with Gasteiger partial charge in [0, 0.05) is 25.5 Å². The third kappa shape index (κ3) is 7.64. The van der Waals surface area contributed by atoms with Crippen LogP contribution in [0.3, 0.4) is 0 Å². The van der Waals surface area contributed by atoms with Gasteiger partial charge in [0.1, 0.15) is 0 Å². The second-order valence-corrected chi connectivity index (χ2v) is 5.17. The molecule has 2 unspecified atom stereocenters. The molecule has 2 atom stereocenters. The van der Waals surface area contributed by atoms with Gasteiger partial charge in [-0.3, -0.25) is 4.79 Å². The van der Waals surface area contributed by atoms with E-state index in [4.69, 9.17) is 9.84 Å². The molecule has 0 heterocycles. The van der Waals surface area contributed by atoms with Crippen molar-refractivity contribution in [3.05, 3.63) is 0 Å². The first-order valence-corrected chi connectivity index (χ1v) is 6.09. The van der Waals surface area contributed by atoms with Crippen LogP contribution in [0.1, 0.15) is 20.3 Å². The molecule has 90 valence electrons. The predicted molar refractivity (Wildman–Crippen MR) is 63.1 cm³/mol. The highest BCUT2D eigenvalue weighted by Gasteiger charge is 2.15. The number of carbonyl (C=O) groups excluding carboxylic acids is 1. The van der Waals surface area contributed by atoms with Crippen LogP contribution in [0.2, 0.25) is 0 Å². The SMILES string of the molecule is COCCNC(=O)C(C)SC(C)CCO. The largest absolute Gasteiger partial charge is 0.396 e. The average Bonchev–Trinajstić information content (AvgIpc) is 2.18. The van der Waals surface area contributed by atoms with E-state index in [1.165, 1.54) is 0 Å². The molecule has 0 saturated heterocycles. The number of ether oxygens (including phenoxy) is 1. The molecule has 1 amide bonds. The van der Waals surface area contributed by atoms with Crippen molar-refractivity contribution < 1.29 is 14.6 Å². The Bertz CT molecular complexity index is 178. The van der Waals surface area contributed by atoms with E-state index in [0.29, 0.717) is 18.4 Å². The molecule has 0 aliphatic carbocycles. The van der Waals surface area contributed by atoms with Gasteiger partial charge >= 0.3 is 0 Å². The van der Waals surface area contributed by atoms with E-state index in [9.17, 15) is 4.79 Å². The highest BCUT2D eigenvalue weighted by atomic mass is 32.2. The molecule has 15 heavy (non-hydrogen) atoms. The summed E-state index contributed by atoms with van der Waals surface area (Å²) in [6.45, 7) is 5.15. The predicted octanol–water partition coefficient (Wildman–Crippen LogP) is 0.642. The Morgan fingerprint density at radius 2 is 2.20 bits per heavy atom. The number of nitrogens with one attached hydrogen (secondary N) is 1. The lowest BCUT2D eigenvalue weighted by atomic mass is 10.3. The van der Waals surface area contributed by atoms with Crippen LogP contribution >= 0.6 is 11.8 Å². The quantitative estimate of drug-likeness (QED) is 0.606. The summed E-state index contributed by atoms with van der Waals surface area (Å²) >= 11 is 1.58. The van der Waals surface area contributed by atoms with Crippen molar-refractivity contribution >= 4 is 17.7 Å². The van der Waals surface area contributed by atoms with Gasteiger partial charge in [0.2, 0.25) is 5.91 Å². The zero-order chi connectivity index (χ0) is 11.7. The number of carbonyl (C=O) groups is 1. The maximum atomic E-state index is 11.5. The molecule has 0 aromatic rings. The van der Waals surface area contributed by atoms with E-state index in [1.54, 1.807) is 18.9 Å². The standard InChI is InChI=1S/C10H21NO3S/c1-8(4-6-12)15-9(2)10(13)11-5-7-14-3/h8-9,12H,4-7H2,1-3H3,(H,11,13). The van der Waals surface area contributed by atoms with Gasteiger partial charge in [-0.1, -0.05) is 6.92 Å². The highest BCUT2D eigenvalue weighted by molar-refractivity contribution is 8.01. The maximum Gasteiger partial charge on any atom is 0.232 e. The first-order chi connectivity index (χ1) is 7.11. The summed E-state index contributed by atoms with van der Waals surface area (Å²) in [6.07, 6.45) is 0.723. The summed E-state index contributed by atoms with van der Waals surface area (Å²) in [7, 11) is 1.60. The Labute approximate surface area is 95.8 Å². The fraction of sp³-hybridized carbons (Fsp3) is 0.900. The van der Waals surface area contributed by atoms with Crippen molar-refractivity contribution in [3.8, 4) is 0 Å². The van der Waals surface area contributed by atoms with Gasteiger partial charge in [-0.2, -0.15) is 0 Å². The number of aliphatic hydroxyl groups is 1. The molecule has 0 aromatic heterocycles. The molecule has 0 aliphatic rings. The number of methoxy groups -OCH3 is 1. The normalized spacial score (nSPS) is 14.7.